The third-order valence-electron chi connectivity index (χ3n) is 5.12. The Kier molecular flexibility index (Phi) is 5.40. The molecule has 1 saturated heterocycles. The minimum absolute atomic E-state index is 0.0426. The number of hydrogen-bond acceptors (Lipinski definition) is 3. The summed E-state index contributed by atoms with van der Waals surface area (Å²) in [6.45, 7) is 4.32. The average molecular weight is 354 g/mol. The molecule has 1 aliphatic heterocycles. The van der Waals surface area contributed by atoms with Gasteiger partial charge in [0, 0.05) is 32.4 Å². The van der Waals surface area contributed by atoms with Crippen LogP contribution >= 0.6 is 0 Å². The third-order valence-corrected chi connectivity index (χ3v) is 5.12. The Bertz CT molecular complexity index is 784. The molecule has 0 radical (unpaired) electrons. The van der Waals surface area contributed by atoms with Gasteiger partial charge in [-0.3, -0.25) is 14.6 Å². The van der Waals surface area contributed by atoms with Crippen LogP contribution in [0.4, 0.5) is 0 Å². The first kappa shape index (κ1) is 18.2. The van der Waals surface area contributed by atoms with Crippen molar-refractivity contribution < 1.29 is 9.59 Å². The highest BCUT2D eigenvalue weighted by Gasteiger charge is 2.29. The van der Waals surface area contributed by atoms with Gasteiger partial charge < -0.3 is 14.8 Å². The fraction of sp³-hybridized carbons (Fsp3) is 0.450. The molecule has 2 aromatic rings. The third kappa shape index (κ3) is 3.64. The van der Waals surface area contributed by atoms with Crippen LogP contribution in [0.1, 0.15) is 67.1 Å². The maximum Gasteiger partial charge on any atom is 0.268 e. The molecule has 26 heavy (non-hydrogen) atoms. The minimum atomic E-state index is -0.176. The lowest BCUT2D eigenvalue weighted by atomic mass is 9.99. The van der Waals surface area contributed by atoms with Crippen molar-refractivity contribution in [2.45, 2.75) is 45.2 Å². The fourth-order valence-electron chi connectivity index (χ4n) is 3.68. The number of rotatable bonds is 4. The predicted octanol–water partition coefficient (Wildman–Crippen LogP) is 2.98. The van der Waals surface area contributed by atoms with Gasteiger partial charge in [0.15, 0.2) is 0 Å². The Morgan fingerprint density at radius 3 is 2.73 bits per heavy atom. The van der Waals surface area contributed by atoms with Crippen LogP contribution in [-0.4, -0.2) is 32.8 Å². The maximum atomic E-state index is 12.7. The molecule has 138 valence electrons. The Morgan fingerprint density at radius 2 is 2.04 bits per heavy atom. The zero-order chi connectivity index (χ0) is 18.7. The number of nitrogens with zero attached hydrogens (tertiary/aromatic N) is 3. The summed E-state index contributed by atoms with van der Waals surface area (Å²) in [5, 5.41) is 3.00. The number of piperidine rings is 1. The highest BCUT2D eigenvalue weighted by atomic mass is 16.2. The summed E-state index contributed by atoms with van der Waals surface area (Å²) in [5.41, 5.74) is 2.43. The first-order chi connectivity index (χ1) is 12.5. The van der Waals surface area contributed by atoms with E-state index in [1.807, 2.05) is 53.8 Å². The molecule has 2 amide bonds. The van der Waals surface area contributed by atoms with Gasteiger partial charge in [0.25, 0.3) is 5.91 Å². The highest BCUT2D eigenvalue weighted by Crippen LogP contribution is 2.31. The molecular weight excluding hydrogens is 328 g/mol. The normalized spacial score (nSPS) is 18.4. The van der Waals surface area contributed by atoms with E-state index in [9.17, 15) is 9.59 Å². The van der Waals surface area contributed by atoms with Gasteiger partial charge in [-0.1, -0.05) is 6.07 Å². The van der Waals surface area contributed by atoms with Crippen molar-refractivity contribution in [3.63, 3.8) is 0 Å². The van der Waals surface area contributed by atoms with Crippen molar-refractivity contribution >= 4 is 11.8 Å². The lowest BCUT2D eigenvalue weighted by molar-refractivity contribution is -0.132. The van der Waals surface area contributed by atoms with Crippen LogP contribution < -0.4 is 5.32 Å². The molecule has 2 aromatic heterocycles. The molecule has 3 rings (SSSR count). The number of carbonyl (C=O) groups is 2. The van der Waals surface area contributed by atoms with Crippen molar-refractivity contribution in [2.75, 3.05) is 6.54 Å². The van der Waals surface area contributed by atoms with Crippen LogP contribution in [0, 0.1) is 0 Å². The van der Waals surface area contributed by atoms with Gasteiger partial charge in [0.05, 0.1) is 17.8 Å². The molecule has 1 fully saturated rings. The minimum Gasteiger partial charge on any atom is -0.343 e. The van der Waals surface area contributed by atoms with Gasteiger partial charge in [-0.2, -0.15) is 0 Å². The number of hydrogen-bond donors (Lipinski definition) is 1. The Morgan fingerprint density at radius 1 is 1.23 bits per heavy atom. The van der Waals surface area contributed by atoms with E-state index < -0.39 is 0 Å². The molecule has 2 atom stereocenters. The molecule has 0 aliphatic carbocycles. The smallest absolute Gasteiger partial charge is 0.268 e. The van der Waals surface area contributed by atoms with Gasteiger partial charge in [-0.15, -0.1) is 0 Å². The van der Waals surface area contributed by atoms with Gasteiger partial charge in [0.2, 0.25) is 5.91 Å². The van der Waals surface area contributed by atoms with Gasteiger partial charge in [-0.05, 0) is 50.5 Å². The summed E-state index contributed by atoms with van der Waals surface area (Å²) in [6.07, 6.45) is 4.79. The molecule has 0 unspecified atom stereocenters. The van der Waals surface area contributed by atoms with Crippen molar-refractivity contribution in [3.8, 4) is 0 Å². The molecule has 0 bridgehead atoms. The Balaban J connectivity index is 1.78. The number of amides is 2. The summed E-state index contributed by atoms with van der Waals surface area (Å²) in [5.74, 6) is -0.0484. The molecule has 1 N–H and O–H groups in total. The molecular formula is C20H26N4O2. The molecule has 6 heteroatoms. The van der Waals surface area contributed by atoms with Crippen molar-refractivity contribution in [3.05, 3.63) is 53.6 Å². The standard InChI is InChI=1S/C20H26N4O2/c1-14(16-8-4-6-12-21-16)22-20(26)19-11-10-17(23(19)3)18-9-5-7-13-24(18)15(2)25/h4,6,8,10-12,14,18H,5,7,9,13H2,1-3H3,(H,22,26)/t14-,18-/m1/s1. The first-order valence-corrected chi connectivity index (χ1v) is 9.13. The van der Waals surface area contributed by atoms with E-state index in [0.29, 0.717) is 5.69 Å². The summed E-state index contributed by atoms with van der Waals surface area (Å²) in [6, 6.07) is 9.33. The maximum absolute atomic E-state index is 12.7. The molecule has 0 saturated carbocycles. The number of pyridine rings is 1. The quantitative estimate of drug-likeness (QED) is 0.918. The van der Waals surface area contributed by atoms with Crippen LogP contribution in [0.2, 0.25) is 0 Å². The second-order valence-electron chi connectivity index (χ2n) is 6.88. The highest BCUT2D eigenvalue weighted by molar-refractivity contribution is 5.93. The first-order valence-electron chi connectivity index (χ1n) is 9.13. The van der Waals surface area contributed by atoms with Crippen LogP contribution in [-0.2, 0) is 11.8 Å². The number of likely N-dealkylation sites (tertiary alicyclic amines) is 1. The van der Waals surface area contributed by atoms with E-state index >= 15 is 0 Å². The summed E-state index contributed by atoms with van der Waals surface area (Å²) < 4.78 is 1.91. The van der Waals surface area contributed by atoms with E-state index in [1.54, 1.807) is 13.1 Å². The van der Waals surface area contributed by atoms with Crippen LogP contribution in [0.5, 0.6) is 0 Å². The summed E-state index contributed by atoms with van der Waals surface area (Å²) >= 11 is 0. The predicted molar refractivity (Wildman–Crippen MR) is 99.5 cm³/mol. The molecule has 0 spiro atoms. The second-order valence-corrected chi connectivity index (χ2v) is 6.88. The van der Waals surface area contributed by atoms with Crippen molar-refractivity contribution in [1.82, 2.24) is 19.8 Å². The Hall–Kier alpha value is -2.63. The molecule has 6 nitrogen and oxygen atoms in total. The van der Waals surface area contributed by atoms with E-state index in [4.69, 9.17) is 0 Å². The SMILES string of the molecule is CC(=O)N1CCCC[C@@H]1c1ccc(C(=O)N[C@H](C)c2ccccn2)n1C. The van der Waals surface area contributed by atoms with Crippen LogP contribution in [0.15, 0.2) is 36.5 Å². The number of aromatic nitrogens is 2. The van der Waals surface area contributed by atoms with Gasteiger partial charge in [-0.25, -0.2) is 0 Å². The fourth-order valence-corrected chi connectivity index (χ4v) is 3.68. The zero-order valence-corrected chi connectivity index (χ0v) is 15.6. The summed E-state index contributed by atoms with van der Waals surface area (Å²) in [4.78, 5) is 30.9. The van der Waals surface area contributed by atoms with Crippen LogP contribution in [0.3, 0.4) is 0 Å². The van der Waals surface area contributed by atoms with Crippen LogP contribution in [0.25, 0.3) is 0 Å². The van der Waals surface area contributed by atoms with E-state index in [0.717, 1.165) is 37.2 Å². The van der Waals surface area contributed by atoms with Gasteiger partial charge >= 0.3 is 0 Å². The summed E-state index contributed by atoms with van der Waals surface area (Å²) in [7, 11) is 1.89. The zero-order valence-electron chi connectivity index (χ0n) is 15.6. The van der Waals surface area contributed by atoms with Gasteiger partial charge in [0.1, 0.15) is 5.69 Å². The Labute approximate surface area is 154 Å². The molecule has 1 aliphatic rings. The second kappa shape index (κ2) is 7.72. The lowest BCUT2D eigenvalue weighted by Gasteiger charge is -2.35. The van der Waals surface area contributed by atoms with E-state index in [2.05, 4.69) is 10.3 Å². The number of nitrogens with one attached hydrogen (secondary N) is 1. The lowest BCUT2D eigenvalue weighted by Crippen LogP contribution is -2.38. The van der Waals surface area contributed by atoms with E-state index in [1.165, 1.54) is 0 Å². The van der Waals surface area contributed by atoms with E-state index in [-0.39, 0.29) is 23.9 Å². The van der Waals surface area contributed by atoms with Crippen molar-refractivity contribution in [1.29, 1.82) is 0 Å². The van der Waals surface area contributed by atoms with Crippen molar-refractivity contribution in [2.24, 2.45) is 7.05 Å². The monoisotopic (exact) mass is 354 g/mol. The average Bonchev–Trinajstić information content (AvgIpc) is 3.03. The number of carbonyl (C=O) groups excluding carboxylic acids is 2. The molecule has 0 aromatic carbocycles. The molecule has 3 heterocycles. The topological polar surface area (TPSA) is 67.2 Å². The largest absolute Gasteiger partial charge is 0.343 e.